The molecule has 0 amide bonds. The van der Waals surface area contributed by atoms with Crippen LogP contribution in [0.4, 0.5) is 0 Å². The number of hydrogen-bond donors (Lipinski definition) is 2. The first-order valence-corrected chi connectivity index (χ1v) is 7.20. The average molecular weight is 291 g/mol. The molecule has 0 saturated heterocycles. The summed E-state index contributed by atoms with van der Waals surface area (Å²) >= 11 is 0. The van der Waals surface area contributed by atoms with E-state index in [4.69, 9.17) is 10.00 Å². The van der Waals surface area contributed by atoms with Crippen molar-refractivity contribution < 1.29 is 9.84 Å². The number of benzene rings is 1. The third-order valence-electron chi connectivity index (χ3n) is 3.12. The maximum absolute atomic E-state index is 9.90. The van der Waals surface area contributed by atoms with Gasteiger partial charge in [0.25, 0.3) is 0 Å². The second-order valence-electron chi connectivity index (χ2n) is 5.51. The predicted octanol–water partition coefficient (Wildman–Crippen LogP) is 1.23. The molecule has 116 valence electrons. The average Bonchev–Trinajstić information content (AvgIpc) is 2.49. The van der Waals surface area contributed by atoms with Crippen LogP contribution in [0.5, 0.6) is 5.75 Å². The molecule has 2 N–H and O–H groups in total. The SMILES string of the molecule is CC(CCN(C)C)NCC(O)COc1cccc(C#N)c1. The summed E-state index contributed by atoms with van der Waals surface area (Å²) in [5, 5.41) is 22.0. The van der Waals surface area contributed by atoms with Gasteiger partial charge < -0.3 is 20.1 Å². The fourth-order valence-corrected chi connectivity index (χ4v) is 1.80. The summed E-state index contributed by atoms with van der Waals surface area (Å²) in [5.41, 5.74) is 0.553. The van der Waals surface area contributed by atoms with Crippen molar-refractivity contribution in [2.45, 2.75) is 25.5 Å². The van der Waals surface area contributed by atoms with Gasteiger partial charge in [0, 0.05) is 12.6 Å². The van der Waals surface area contributed by atoms with E-state index in [-0.39, 0.29) is 6.61 Å². The Balaban J connectivity index is 2.24. The zero-order valence-corrected chi connectivity index (χ0v) is 13.0. The van der Waals surface area contributed by atoms with Gasteiger partial charge in [-0.2, -0.15) is 5.26 Å². The molecule has 2 atom stereocenters. The Morgan fingerprint density at radius 1 is 1.43 bits per heavy atom. The molecule has 0 aromatic heterocycles. The first-order chi connectivity index (χ1) is 10.0. The number of nitrogens with zero attached hydrogens (tertiary/aromatic N) is 2. The van der Waals surface area contributed by atoms with Gasteiger partial charge in [-0.3, -0.25) is 0 Å². The molecule has 0 aliphatic rings. The number of nitrogens with one attached hydrogen (secondary N) is 1. The second-order valence-corrected chi connectivity index (χ2v) is 5.51. The van der Waals surface area contributed by atoms with E-state index in [1.807, 2.05) is 14.1 Å². The molecule has 0 radical (unpaired) electrons. The zero-order chi connectivity index (χ0) is 15.7. The van der Waals surface area contributed by atoms with Crippen LogP contribution in [-0.2, 0) is 0 Å². The van der Waals surface area contributed by atoms with Crippen LogP contribution in [0.2, 0.25) is 0 Å². The van der Waals surface area contributed by atoms with Crippen LogP contribution in [0.1, 0.15) is 18.9 Å². The lowest BCUT2D eigenvalue weighted by atomic mass is 10.2. The van der Waals surface area contributed by atoms with Crippen molar-refractivity contribution in [2.75, 3.05) is 33.8 Å². The zero-order valence-electron chi connectivity index (χ0n) is 13.0. The third kappa shape index (κ3) is 7.66. The standard InChI is InChI=1S/C16H25N3O2/c1-13(7-8-19(2)3)18-11-15(20)12-21-16-6-4-5-14(9-16)10-17/h4-6,9,13,15,18,20H,7-8,11-12H2,1-3H3. The van der Waals surface area contributed by atoms with Gasteiger partial charge >= 0.3 is 0 Å². The van der Waals surface area contributed by atoms with Gasteiger partial charge in [0.15, 0.2) is 0 Å². The van der Waals surface area contributed by atoms with Crippen LogP contribution < -0.4 is 10.1 Å². The van der Waals surface area contributed by atoms with E-state index in [2.05, 4.69) is 23.2 Å². The van der Waals surface area contributed by atoms with Crippen LogP contribution in [0.3, 0.4) is 0 Å². The molecule has 5 heteroatoms. The second kappa shape index (κ2) is 9.35. The highest BCUT2D eigenvalue weighted by Crippen LogP contribution is 2.12. The molecule has 1 aromatic rings. The third-order valence-corrected chi connectivity index (χ3v) is 3.12. The summed E-state index contributed by atoms with van der Waals surface area (Å²) in [6, 6.07) is 9.34. The normalized spacial score (nSPS) is 13.7. The van der Waals surface area contributed by atoms with Crippen molar-refractivity contribution in [1.82, 2.24) is 10.2 Å². The van der Waals surface area contributed by atoms with Crippen molar-refractivity contribution in [3.8, 4) is 11.8 Å². The van der Waals surface area contributed by atoms with Crippen molar-refractivity contribution in [3.63, 3.8) is 0 Å². The highest BCUT2D eigenvalue weighted by molar-refractivity contribution is 5.36. The van der Waals surface area contributed by atoms with E-state index in [0.717, 1.165) is 13.0 Å². The predicted molar refractivity (Wildman–Crippen MR) is 83.3 cm³/mol. The molecular formula is C16H25N3O2. The molecule has 1 rings (SSSR count). The fourth-order valence-electron chi connectivity index (χ4n) is 1.80. The maximum atomic E-state index is 9.90. The minimum absolute atomic E-state index is 0.211. The molecule has 0 saturated carbocycles. The quantitative estimate of drug-likeness (QED) is 0.716. The van der Waals surface area contributed by atoms with Gasteiger partial charge in [-0.1, -0.05) is 6.07 Å². The Hall–Kier alpha value is -1.61. The van der Waals surface area contributed by atoms with Crippen LogP contribution in [0, 0.1) is 11.3 Å². The molecule has 21 heavy (non-hydrogen) atoms. The minimum atomic E-state index is -0.572. The van der Waals surface area contributed by atoms with Crippen molar-refractivity contribution in [3.05, 3.63) is 29.8 Å². The summed E-state index contributed by atoms with van der Waals surface area (Å²) in [6.45, 7) is 3.82. The van der Waals surface area contributed by atoms with Gasteiger partial charge in [-0.25, -0.2) is 0 Å². The molecular weight excluding hydrogens is 266 g/mol. The Bertz CT molecular complexity index is 457. The maximum Gasteiger partial charge on any atom is 0.120 e. The van der Waals surface area contributed by atoms with E-state index in [0.29, 0.717) is 23.9 Å². The fraction of sp³-hybridized carbons (Fsp3) is 0.562. The summed E-state index contributed by atoms with van der Waals surface area (Å²) < 4.78 is 5.49. The number of nitriles is 1. The molecule has 1 aromatic carbocycles. The Labute approximate surface area is 127 Å². The number of hydrogen-bond acceptors (Lipinski definition) is 5. The van der Waals surface area contributed by atoms with Gasteiger partial charge in [-0.05, 0) is 52.2 Å². The molecule has 0 heterocycles. The summed E-state index contributed by atoms with van der Waals surface area (Å²) in [6.07, 6.45) is 0.461. The monoisotopic (exact) mass is 291 g/mol. The summed E-state index contributed by atoms with van der Waals surface area (Å²) in [5.74, 6) is 0.605. The van der Waals surface area contributed by atoms with Gasteiger partial charge in [-0.15, -0.1) is 0 Å². The smallest absolute Gasteiger partial charge is 0.120 e. The molecule has 0 spiro atoms. The molecule has 5 nitrogen and oxygen atoms in total. The topological polar surface area (TPSA) is 68.5 Å². The lowest BCUT2D eigenvalue weighted by Crippen LogP contribution is -2.37. The highest BCUT2D eigenvalue weighted by atomic mass is 16.5. The van der Waals surface area contributed by atoms with Crippen molar-refractivity contribution >= 4 is 0 Å². The van der Waals surface area contributed by atoms with Crippen LogP contribution in [-0.4, -0.2) is 55.9 Å². The Kier molecular flexibility index (Phi) is 7.76. The van der Waals surface area contributed by atoms with E-state index in [9.17, 15) is 5.11 Å². The summed E-state index contributed by atoms with van der Waals surface area (Å²) in [7, 11) is 4.09. The number of aliphatic hydroxyl groups is 1. The van der Waals surface area contributed by atoms with Crippen molar-refractivity contribution in [2.24, 2.45) is 0 Å². The lowest BCUT2D eigenvalue weighted by Gasteiger charge is -2.19. The summed E-state index contributed by atoms with van der Waals surface area (Å²) in [4.78, 5) is 2.14. The van der Waals surface area contributed by atoms with Gasteiger partial charge in [0.1, 0.15) is 18.5 Å². The van der Waals surface area contributed by atoms with E-state index >= 15 is 0 Å². The molecule has 0 aliphatic carbocycles. The number of ether oxygens (including phenoxy) is 1. The first kappa shape index (κ1) is 17.4. The molecule has 0 aliphatic heterocycles. The largest absolute Gasteiger partial charge is 0.491 e. The first-order valence-electron chi connectivity index (χ1n) is 7.20. The van der Waals surface area contributed by atoms with E-state index < -0.39 is 6.10 Å². The highest BCUT2D eigenvalue weighted by Gasteiger charge is 2.08. The van der Waals surface area contributed by atoms with Crippen LogP contribution >= 0.6 is 0 Å². The van der Waals surface area contributed by atoms with Crippen molar-refractivity contribution in [1.29, 1.82) is 5.26 Å². The van der Waals surface area contributed by atoms with E-state index in [1.165, 1.54) is 0 Å². The van der Waals surface area contributed by atoms with Gasteiger partial charge in [0.2, 0.25) is 0 Å². The molecule has 0 fully saturated rings. The Morgan fingerprint density at radius 2 is 2.19 bits per heavy atom. The number of rotatable bonds is 9. The van der Waals surface area contributed by atoms with Crippen LogP contribution in [0.25, 0.3) is 0 Å². The molecule has 2 unspecified atom stereocenters. The van der Waals surface area contributed by atoms with Gasteiger partial charge in [0.05, 0.1) is 11.6 Å². The number of aliphatic hydroxyl groups excluding tert-OH is 1. The lowest BCUT2D eigenvalue weighted by molar-refractivity contribution is 0.103. The Morgan fingerprint density at radius 3 is 2.86 bits per heavy atom. The van der Waals surface area contributed by atoms with Crippen LogP contribution in [0.15, 0.2) is 24.3 Å². The van der Waals surface area contributed by atoms with E-state index in [1.54, 1.807) is 24.3 Å². The molecule has 0 bridgehead atoms. The minimum Gasteiger partial charge on any atom is -0.491 e.